The minimum Gasteiger partial charge on any atom is -0.348 e. The molecule has 0 heterocycles. The van der Waals surface area contributed by atoms with Gasteiger partial charge in [-0.15, -0.1) is 0 Å². The van der Waals surface area contributed by atoms with Crippen LogP contribution >= 0.6 is 26.6 Å². The molecule has 0 saturated heterocycles. The number of hydrogen-bond acceptors (Lipinski definition) is 3. The van der Waals surface area contributed by atoms with Crippen LogP contribution in [0.15, 0.2) is 27.6 Å². The molecule has 0 atom stereocenters. The number of nitrogens with one attached hydrogen (secondary N) is 1. The van der Waals surface area contributed by atoms with Crippen LogP contribution in [0.3, 0.4) is 0 Å². The highest BCUT2D eigenvalue weighted by molar-refractivity contribution is 9.10. The van der Waals surface area contributed by atoms with E-state index in [1.807, 2.05) is 0 Å². The van der Waals surface area contributed by atoms with E-state index in [2.05, 4.69) is 48.9 Å². The monoisotopic (exact) mass is 393 g/mol. The maximum atomic E-state index is 12.3. The summed E-state index contributed by atoms with van der Waals surface area (Å²) in [6.45, 7) is 8.37. The van der Waals surface area contributed by atoms with Gasteiger partial charge in [0.15, 0.2) is 0 Å². The van der Waals surface area contributed by atoms with Gasteiger partial charge in [0.25, 0.3) is 15.0 Å². The molecule has 1 saturated carbocycles. The Labute approximate surface area is 137 Å². The predicted molar refractivity (Wildman–Crippen MR) is 86.0 cm³/mol. The lowest BCUT2D eigenvalue weighted by atomic mass is 10.0. The molecule has 0 aromatic heterocycles. The van der Waals surface area contributed by atoms with Gasteiger partial charge in [-0.1, -0.05) is 27.7 Å². The molecule has 0 aliphatic heterocycles. The first kappa shape index (κ1) is 16.8. The van der Waals surface area contributed by atoms with Gasteiger partial charge in [-0.05, 0) is 45.0 Å². The zero-order chi connectivity index (χ0) is 16.2. The van der Waals surface area contributed by atoms with Crippen molar-refractivity contribution in [2.75, 3.05) is 0 Å². The van der Waals surface area contributed by atoms with Gasteiger partial charge in [0.2, 0.25) is 0 Å². The molecular weight excluding hydrogens is 378 g/mol. The van der Waals surface area contributed by atoms with E-state index in [9.17, 15) is 13.2 Å². The molecule has 1 aromatic carbocycles. The van der Waals surface area contributed by atoms with E-state index in [4.69, 9.17) is 10.7 Å². The zero-order valence-electron chi connectivity index (χ0n) is 12.2. The largest absolute Gasteiger partial charge is 0.348 e. The number of rotatable bonds is 3. The molecule has 0 spiro atoms. The van der Waals surface area contributed by atoms with Crippen LogP contribution in [-0.4, -0.2) is 20.4 Å². The van der Waals surface area contributed by atoms with Crippen molar-refractivity contribution < 1.29 is 13.2 Å². The van der Waals surface area contributed by atoms with Crippen LogP contribution in [-0.2, 0) is 9.05 Å². The smallest absolute Gasteiger partial charge is 0.262 e. The van der Waals surface area contributed by atoms with E-state index in [0.29, 0.717) is 4.47 Å². The van der Waals surface area contributed by atoms with Gasteiger partial charge in [-0.2, -0.15) is 0 Å². The Balaban J connectivity index is 2.26. The van der Waals surface area contributed by atoms with Crippen molar-refractivity contribution in [1.82, 2.24) is 5.32 Å². The minimum atomic E-state index is -3.90. The molecule has 1 aromatic rings. The van der Waals surface area contributed by atoms with E-state index in [-0.39, 0.29) is 33.2 Å². The Morgan fingerprint density at radius 1 is 1.24 bits per heavy atom. The lowest BCUT2D eigenvalue weighted by molar-refractivity contribution is 0.0943. The molecule has 7 heteroatoms. The van der Waals surface area contributed by atoms with Crippen molar-refractivity contribution in [3.8, 4) is 0 Å². The number of carbonyl (C=O) groups excluding carboxylic acids is 1. The van der Waals surface area contributed by atoms with Crippen LogP contribution in [0.2, 0.25) is 0 Å². The van der Waals surface area contributed by atoms with Gasteiger partial charge in [0, 0.05) is 26.8 Å². The first-order valence-electron chi connectivity index (χ1n) is 6.44. The van der Waals surface area contributed by atoms with Gasteiger partial charge in [-0.25, -0.2) is 8.42 Å². The Morgan fingerprint density at radius 2 is 1.76 bits per heavy atom. The molecule has 2 rings (SSSR count). The SMILES string of the molecule is CC1(C)C(NC(=O)c2ccc(Br)c(S(=O)(=O)Cl)c2)C1(C)C. The second kappa shape index (κ2) is 4.96. The summed E-state index contributed by atoms with van der Waals surface area (Å²) in [6, 6.07) is 4.41. The van der Waals surface area contributed by atoms with Crippen molar-refractivity contribution >= 4 is 41.6 Å². The molecule has 116 valence electrons. The average molecular weight is 395 g/mol. The quantitative estimate of drug-likeness (QED) is 0.798. The van der Waals surface area contributed by atoms with Crippen LogP contribution in [0.5, 0.6) is 0 Å². The molecule has 21 heavy (non-hydrogen) atoms. The normalized spacial score (nSPS) is 20.1. The van der Waals surface area contributed by atoms with E-state index in [1.54, 1.807) is 6.07 Å². The first-order chi connectivity index (χ1) is 9.39. The fraction of sp³-hybridized carbons (Fsp3) is 0.500. The van der Waals surface area contributed by atoms with E-state index >= 15 is 0 Å². The fourth-order valence-corrected chi connectivity index (χ4v) is 4.72. The van der Waals surface area contributed by atoms with Crippen LogP contribution in [0.1, 0.15) is 38.1 Å². The summed E-state index contributed by atoms with van der Waals surface area (Å²) in [6.07, 6.45) is 0. The number of amides is 1. The second-order valence-electron chi connectivity index (χ2n) is 6.43. The molecule has 0 bridgehead atoms. The summed E-state index contributed by atoms with van der Waals surface area (Å²) in [4.78, 5) is 12.2. The first-order valence-corrected chi connectivity index (χ1v) is 9.54. The third-order valence-corrected chi connectivity index (χ3v) is 7.07. The third kappa shape index (κ3) is 2.85. The Hall–Kier alpha value is -0.590. The summed E-state index contributed by atoms with van der Waals surface area (Å²) < 4.78 is 23.3. The maximum Gasteiger partial charge on any atom is 0.262 e. The standard InChI is InChI=1S/C14H17BrClNO3S/c1-13(2)12(14(13,3)4)17-11(18)8-5-6-9(15)10(7-8)21(16,19)20/h5-7,12H,1-4H3,(H,17,18). The molecule has 0 radical (unpaired) electrons. The van der Waals surface area contributed by atoms with Crippen molar-refractivity contribution in [2.45, 2.75) is 38.6 Å². The van der Waals surface area contributed by atoms with Gasteiger partial charge < -0.3 is 5.32 Å². The summed E-state index contributed by atoms with van der Waals surface area (Å²) in [5.74, 6) is -0.298. The summed E-state index contributed by atoms with van der Waals surface area (Å²) in [5.41, 5.74) is 0.301. The Morgan fingerprint density at radius 3 is 2.19 bits per heavy atom. The Bertz CT molecular complexity index is 699. The number of carbonyl (C=O) groups is 1. The topological polar surface area (TPSA) is 63.2 Å². The maximum absolute atomic E-state index is 12.3. The fourth-order valence-electron chi connectivity index (χ4n) is 2.60. The lowest BCUT2D eigenvalue weighted by Crippen LogP contribution is -2.29. The lowest BCUT2D eigenvalue weighted by Gasteiger charge is -2.08. The van der Waals surface area contributed by atoms with Crippen LogP contribution < -0.4 is 5.32 Å². The highest BCUT2D eigenvalue weighted by atomic mass is 79.9. The molecule has 1 amide bonds. The summed E-state index contributed by atoms with van der Waals surface area (Å²) in [7, 11) is 1.46. The number of halogens is 2. The molecule has 0 unspecified atom stereocenters. The highest BCUT2D eigenvalue weighted by Crippen LogP contribution is 2.62. The number of hydrogen-bond donors (Lipinski definition) is 1. The molecule has 4 nitrogen and oxygen atoms in total. The van der Waals surface area contributed by atoms with Gasteiger partial charge in [-0.3, -0.25) is 4.79 Å². The van der Waals surface area contributed by atoms with Crippen molar-refractivity contribution in [3.63, 3.8) is 0 Å². The average Bonchev–Trinajstić information content (AvgIpc) is 2.70. The minimum absolute atomic E-state index is 0.0133. The van der Waals surface area contributed by atoms with E-state index in [0.717, 1.165) is 0 Å². The van der Waals surface area contributed by atoms with Crippen LogP contribution in [0.4, 0.5) is 0 Å². The van der Waals surface area contributed by atoms with Gasteiger partial charge >= 0.3 is 0 Å². The summed E-state index contributed by atoms with van der Waals surface area (Å²) >= 11 is 3.12. The molecule has 1 N–H and O–H groups in total. The summed E-state index contributed by atoms with van der Waals surface area (Å²) in [5, 5.41) is 2.96. The zero-order valence-corrected chi connectivity index (χ0v) is 15.4. The van der Waals surface area contributed by atoms with Crippen molar-refractivity contribution in [2.24, 2.45) is 10.8 Å². The molecule has 1 fully saturated rings. The Kier molecular flexibility index (Phi) is 3.96. The van der Waals surface area contributed by atoms with Crippen LogP contribution in [0, 0.1) is 10.8 Å². The number of benzene rings is 1. The van der Waals surface area contributed by atoms with Crippen molar-refractivity contribution in [3.05, 3.63) is 28.2 Å². The highest BCUT2D eigenvalue weighted by Gasteiger charge is 2.65. The van der Waals surface area contributed by atoms with Crippen molar-refractivity contribution in [1.29, 1.82) is 0 Å². The van der Waals surface area contributed by atoms with Crippen LogP contribution in [0.25, 0.3) is 0 Å². The van der Waals surface area contributed by atoms with E-state index in [1.165, 1.54) is 12.1 Å². The van der Waals surface area contributed by atoms with Gasteiger partial charge in [0.1, 0.15) is 0 Å². The second-order valence-corrected chi connectivity index (χ2v) is 9.82. The predicted octanol–water partition coefficient (Wildman–Crippen LogP) is 3.54. The van der Waals surface area contributed by atoms with Gasteiger partial charge in [0.05, 0.1) is 4.90 Å². The molecule has 1 aliphatic carbocycles. The molecular formula is C14H17BrClNO3S. The third-order valence-electron chi connectivity index (χ3n) is 4.75. The van der Waals surface area contributed by atoms with E-state index < -0.39 is 9.05 Å². The molecule has 1 aliphatic rings.